The molecule has 1 N–H and O–H groups in total. The number of halogens is 3. The van der Waals surface area contributed by atoms with Gasteiger partial charge in [0.1, 0.15) is 10.9 Å². The van der Waals surface area contributed by atoms with Gasteiger partial charge in [-0.1, -0.05) is 49.2 Å². The van der Waals surface area contributed by atoms with Crippen molar-refractivity contribution in [1.29, 1.82) is 0 Å². The van der Waals surface area contributed by atoms with Gasteiger partial charge in [0.05, 0.1) is 21.1 Å². The van der Waals surface area contributed by atoms with E-state index in [4.69, 9.17) is 23.2 Å². The third-order valence-electron chi connectivity index (χ3n) is 3.36. The number of allylic oxidation sites excluding steroid dienone is 3. The molecule has 0 saturated heterocycles. The Morgan fingerprint density at radius 2 is 1.77 bits per heavy atom. The highest BCUT2D eigenvalue weighted by Crippen LogP contribution is 2.30. The molecule has 1 aromatic carbocycles. The number of nitrogens with zero attached hydrogens (tertiary/aromatic N) is 2. The molecule has 0 aliphatic heterocycles. The molecule has 0 unspecified atom stereocenters. The summed E-state index contributed by atoms with van der Waals surface area (Å²) in [5, 5.41) is 4.88. The van der Waals surface area contributed by atoms with E-state index in [2.05, 4.69) is 15.3 Å². The zero-order chi connectivity index (χ0) is 19.7. The molecule has 142 valence electrons. The van der Waals surface area contributed by atoms with Gasteiger partial charge in [-0.3, -0.25) is 0 Å². The lowest BCUT2D eigenvalue weighted by molar-refractivity contribution is 0.625. The van der Waals surface area contributed by atoms with E-state index in [1.54, 1.807) is 18.2 Å². The Morgan fingerprint density at radius 1 is 1.19 bits per heavy atom. The Kier molecular flexibility index (Phi) is 9.99. The van der Waals surface area contributed by atoms with Gasteiger partial charge in [-0.15, -0.1) is 11.8 Å². The summed E-state index contributed by atoms with van der Waals surface area (Å²) in [6, 6.07) is 3.40. The van der Waals surface area contributed by atoms with Crippen molar-refractivity contribution in [2.24, 2.45) is 0 Å². The van der Waals surface area contributed by atoms with Crippen LogP contribution in [0.15, 0.2) is 40.7 Å². The van der Waals surface area contributed by atoms with Crippen LogP contribution in [-0.2, 0) is 0 Å². The van der Waals surface area contributed by atoms with Crippen LogP contribution in [0, 0.1) is 0 Å². The first-order valence-electron chi connectivity index (χ1n) is 8.38. The second-order valence-electron chi connectivity index (χ2n) is 5.07. The van der Waals surface area contributed by atoms with E-state index in [1.807, 2.05) is 33.1 Å². The summed E-state index contributed by atoms with van der Waals surface area (Å²) in [4.78, 5) is 9.13. The van der Waals surface area contributed by atoms with Crippen LogP contribution in [0.2, 0.25) is 10.0 Å². The van der Waals surface area contributed by atoms with E-state index in [0.29, 0.717) is 45.4 Å². The van der Waals surface area contributed by atoms with E-state index in [0.717, 1.165) is 5.03 Å². The fourth-order valence-electron chi connectivity index (χ4n) is 2.18. The average Bonchev–Trinajstić information content (AvgIpc) is 2.63. The summed E-state index contributed by atoms with van der Waals surface area (Å²) in [7, 11) is 0. The Balaban J connectivity index is 0.00000163. The molecule has 0 bridgehead atoms. The topological polar surface area (TPSA) is 37.8 Å². The number of anilines is 1. The highest BCUT2D eigenvalue weighted by molar-refractivity contribution is 7.98. The maximum Gasteiger partial charge on any atom is 0.159 e. The predicted octanol–water partition coefficient (Wildman–Crippen LogP) is 7.31. The lowest BCUT2D eigenvalue weighted by atomic mass is 10.1. The van der Waals surface area contributed by atoms with Crippen LogP contribution >= 0.6 is 35.0 Å². The van der Waals surface area contributed by atoms with Gasteiger partial charge >= 0.3 is 0 Å². The molecule has 2 aromatic rings. The van der Waals surface area contributed by atoms with Gasteiger partial charge in [-0.2, -0.15) is 0 Å². The van der Waals surface area contributed by atoms with Gasteiger partial charge in [-0.25, -0.2) is 14.4 Å². The molecule has 2 rings (SSSR count). The Hall–Kier alpha value is -1.30. The molecule has 0 spiro atoms. The average molecular weight is 416 g/mol. The van der Waals surface area contributed by atoms with Gasteiger partial charge < -0.3 is 5.32 Å². The number of hydrogen-bond donors (Lipinski definition) is 1. The molecule has 1 heterocycles. The second-order valence-corrected chi connectivity index (χ2v) is 6.68. The molecule has 0 amide bonds. The van der Waals surface area contributed by atoms with Crippen molar-refractivity contribution in [3.63, 3.8) is 0 Å². The zero-order valence-electron chi connectivity index (χ0n) is 15.7. The Labute approximate surface area is 169 Å². The van der Waals surface area contributed by atoms with E-state index in [9.17, 15) is 4.39 Å². The molecule has 0 fully saturated rings. The third kappa shape index (κ3) is 6.15. The number of hydrogen-bond acceptors (Lipinski definition) is 4. The highest BCUT2D eigenvalue weighted by atomic mass is 35.5. The van der Waals surface area contributed by atoms with Crippen molar-refractivity contribution in [1.82, 2.24) is 9.97 Å². The van der Waals surface area contributed by atoms with Crippen LogP contribution in [0.5, 0.6) is 0 Å². The number of rotatable bonds is 6. The lowest BCUT2D eigenvalue weighted by Gasteiger charge is -2.11. The largest absolute Gasteiger partial charge is 0.367 e. The van der Waals surface area contributed by atoms with Crippen LogP contribution < -0.4 is 5.32 Å². The summed E-state index contributed by atoms with van der Waals surface area (Å²) in [5.74, 6) is 0.482. The van der Waals surface area contributed by atoms with E-state index >= 15 is 0 Å². The molecule has 1 aromatic heterocycles. The minimum absolute atomic E-state index is 0.175. The number of benzene rings is 1. The molecular weight excluding hydrogens is 392 g/mol. The third-order valence-corrected chi connectivity index (χ3v) is 4.76. The van der Waals surface area contributed by atoms with Crippen molar-refractivity contribution in [2.45, 2.75) is 39.1 Å². The Bertz CT molecular complexity index is 803. The van der Waals surface area contributed by atoms with Crippen LogP contribution in [0.4, 0.5) is 10.2 Å². The molecule has 0 saturated carbocycles. The molecule has 7 heteroatoms. The molecule has 0 aliphatic carbocycles. The molecule has 0 aliphatic rings. The van der Waals surface area contributed by atoms with Crippen LogP contribution in [0.3, 0.4) is 0 Å². The number of aromatic nitrogens is 2. The molecular formula is C19H24Cl2FN3S. The van der Waals surface area contributed by atoms with Crippen LogP contribution in [0.25, 0.3) is 11.0 Å². The van der Waals surface area contributed by atoms with E-state index in [-0.39, 0.29) is 5.83 Å². The lowest BCUT2D eigenvalue weighted by Crippen LogP contribution is -2.07. The van der Waals surface area contributed by atoms with Gasteiger partial charge in [0, 0.05) is 6.54 Å². The van der Waals surface area contributed by atoms with Gasteiger partial charge in [-0.05, 0) is 44.2 Å². The first-order valence-corrected chi connectivity index (χ1v) is 10.4. The maximum absolute atomic E-state index is 13.5. The number of nitrogens with one attached hydrogen (secondary N) is 1. The highest BCUT2D eigenvalue weighted by Gasteiger charge is 2.10. The van der Waals surface area contributed by atoms with Gasteiger partial charge in [0.2, 0.25) is 0 Å². The fraction of sp³-hybridized carbons (Fsp3) is 0.368. The van der Waals surface area contributed by atoms with Gasteiger partial charge in [0.15, 0.2) is 5.82 Å². The zero-order valence-corrected chi connectivity index (χ0v) is 18.0. The normalized spacial score (nSPS) is 12.0. The minimum atomic E-state index is -0.175. The quantitative estimate of drug-likeness (QED) is 0.396. The summed E-state index contributed by atoms with van der Waals surface area (Å²) in [6.45, 7) is 7.88. The van der Waals surface area contributed by atoms with E-state index < -0.39 is 0 Å². The van der Waals surface area contributed by atoms with Crippen LogP contribution in [0.1, 0.15) is 34.1 Å². The molecule has 3 nitrogen and oxygen atoms in total. The first-order chi connectivity index (χ1) is 12.5. The van der Waals surface area contributed by atoms with Crippen molar-refractivity contribution in [2.75, 3.05) is 18.1 Å². The number of thioether (sulfide) groups is 1. The monoisotopic (exact) mass is 415 g/mol. The van der Waals surface area contributed by atoms with Crippen molar-refractivity contribution >= 4 is 51.8 Å². The summed E-state index contributed by atoms with van der Waals surface area (Å²) in [6.07, 6.45) is 6.09. The van der Waals surface area contributed by atoms with Crippen molar-refractivity contribution in [3.8, 4) is 0 Å². The first kappa shape index (κ1) is 22.7. The standard InChI is InChI=1S/C17H18Cl2FN3S.C2H6/c1-4-5-11(10(2)20)6-7-21-16-17(24-3)23-15-9-13(19)12(18)8-14(15)22-16;1-2/h4-5,8-9H,6-7H2,1-3H3,(H,21,22);1-2H3/b5-4-,11-10-;. The minimum Gasteiger partial charge on any atom is -0.367 e. The molecule has 26 heavy (non-hydrogen) atoms. The second kappa shape index (κ2) is 11.4. The number of fused-ring (bicyclic) bond motifs is 1. The SMILES string of the molecule is C/C=C\C(CCNc1nc2cc(Cl)c(Cl)cc2nc1SC)=C(/C)F.CC. The fourth-order valence-corrected chi connectivity index (χ4v) is 3.00. The van der Waals surface area contributed by atoms with Crippen molar-refractivity contribution < 1.29 is 4.39 Å². The maximum atomic E-state index is 13.5. The smallest absolute Gasteiger partial charge is 0.159 e. The molecule has 0 radical (unpaired) electrons. The van der Waals surface area contributed by atoms with Crippen molar-refractivity contribution in [3.05, 3.63) is 45.7 Å². The summed E-state index contributed by atoms with van der Waals surface area (Å²) in [5.41, 5.74) is 2.02. The van der Waals surface area contributed by atoms with Crippen LogP contribution in [-0.4, -0.2) is 22.8 Å². The summed E-state index contributed by atoms with van der Waals surface area (Å²) >= 11 is 13.6. The summed E-state index contributed by atoms with van der Waals surface area (Å²) < 4.78 is 13.5. The van der Waals surface area contributed by atoms with Gasteiger partial charge in [0.25, 0.3) is 0 Å². The van der Waals surface area contributed by atoms with E-state index in [1.165, 1.54) is 18.7 Å². The molecule has 0 atom stereocenters. The Morgan fingerprint density at radius 3 is 2.27 bits per heavy atom. The predicted molar refractivity (Wildman–Crippen MR) is 114 cm³/mol.